The molecule has 0 unspecified atom stereocenters. The molecule has 0 aliphatic heterocycles. The quantitative estimate of drug-likeness (QED) is 0.631. The van der Waals surface area contributed by atoms with Crippen molar-refractivity contribution in [3.8, 4) is 0 Å². The first-order chi connectivity index (χ1) is 5.42. The van der Waals surface area contributed by atoms with E-state index in [0.717, 1.165) is 11.2 Å². The molecule has 0 saturated heterocycles. The summed E-state index contributed by atoms with van der Waals surface area (Å²) in [5.74, 6) is 0. The first kappa shape index (κ1) is 6.30. The van der Waals surface area contributed by atoms with Gasteiger partial charge in [0, 0.05) is 11.8 Å². The maximum atomic E-state index is 8.87. The van der Waals surface area contributed by atoms with Gasteiger partial charge in [-0.3, -0.25) is 0 Å². The molecule has 0 aliphatic rings. The van der Waals surface area contributed by atoms with Crippen molar-refractivity contribution >= 4 is 5.65 Å². The van der Waals surface area contributed by atoms with Crippen molar-refractivity contribution in [2.45, 2.75) is 6.61 Å². The van der Waals surface area contributed by atoms with Crippen LogP contribution in [0.3, 0.4) is 0 Å². The summed E-state index contributed by atoms with van der Waals surface area (Å²) in [6.45, 7) is 0.00301. The van der Waals surface area contributed by atoms with E-state index in [4.69, 9.17) is 5.11 Å². The lowest BCUT2D eigenvalue weighted by atomic mass is 10.3. The van der Waals surface area contributed by atoms with Gasteiger partial charge in [-0.05, 0) is 6.07 Å². The molecule has 2 heterocycles. The average molecular weight is 149 g/mol. The van der Waals surface area contributed by atoms with Crippen LogP contribution in [0.25, 0.3) is 5.65 Å². The van der Waals surface area contributed by atoms with Gasteiger partial charge in [-0.25, -0.2) is 9.50 Å². The Balaban J connectivity index is 2.79. The molecule has 0 fully saturated rings. The largest absolute Gasteiger partial charge is 0.392 e. The molecule has 0 radical (unpaired) electrons. The van der Waals surface area contributed by atoms with Crippen molar-refractivity contribution in [1.29, 1.82) is 0 Å². The molecule has 4 heteroatoms. The Morgan fingerprint density at radius 2 is 2.45 bits per heavy atom. The van der Waals surface area contributed by atoms with Gasteiger partial charge >= 0.3 is 0 Å². The number of aromatic nitrogens is 3. The summed E-state index contributed by atoms with van der Waals surface area (Å²) in [7, 11) is 0. The second-order valence-corrected chi connectivity index (χ2v) is 2.22. The Labute approximate surface area is 63.1 Å². The first-order valence-electron chi connectivity index (χ1n) is 3.30. The van der Waals surface area contributed by atoms with E-state index in [1.54, 1.807) is 10.7 Å². The number of pyridine rings is 1. The molecule has 0 atom stereocenters. The van der Waals surface area contributed by atoms with Gasteiger partial charge in [-0.15, -0.1) is 0 Å². The highest BCUT2D eigenvalue weighted by molar-refractivity contribution is 5.45. The topological polar surface area (TPSA) is 50.4 Å². The van der Waals surface area contributed by atoms with E-state index in [1.807, 2.05) is 12.1 Å². The van der Waals surface area contributed by atoms with Gasteiger partial charge in [0.15, 0.2) is 5.65 Å². The van der Waals surface area contributed by atoms with Crippen LogP contribution in [0.4, 0.5) is 0 Å². The lowest BCUT2D eigenvalue weighted by Gasteiger charge is -1.95. The highest BCUT2D eigenvalue weighted by Gasteiger charge is 1.99. The standard InChI is InChI=1S/C7H7N3O/c11-4-6-2-1-3-10-7(6)8-5-9-10/h1-3,5,11H,4H2. The van der Waals surface area contributed by atoms with Crippen LogP contribution in [-0.4, -0.2) is 19.7 Å². The summed E-state index contributed by atoms with van der Waals surface area (Å²) in [6, 6.07) is 3.65. The van der Waals surface area contributed by atoms with Crippen molar-refractivity contribution in [3.63, 3.8) is 0 Å². The summed E-state index contributed by atoms with van der Waals surface area (Å²) in [6.07, 6.45) is 3.26. The number of hydrogen-bond acceptors (Lipinski definition) is 3. The van der Waals surface area contributed by atoms with Gasteiger partial charge in [-0.2, -0.15) is 5.10 Å². The number of hydrogen-bond donors (Lipinski definition) is 1. The molecule has 2 aromatic heterocycles. The smallest absolute Gasteiger partial charge is 0.160 e. The van der Waals surface area contributed by atoms with E-state index in [9.17, 15) is 0 Å². The van der Waals surface area contributed by atoms with Gasteiger partial charge in [0.1, 0.15) is 6.33 Å². The van der Waals surface area contributed by atoms with Crippen LogP contribution in [-0.2, 0) is 6.61 Å². The fourth-order valence-electron chi connectivity index (χ4n) is 1.03. The molecule has 56 valence electrons. The Morgan fingerprint density at radius 1 is 1.55 bits per heavy atom. The van der Waals surface area contributed by atoms with Crippen molar-refractivity contribution < 1.29 is 5.11 Å². The van der Waals surface area contributed by atoms with Gasteiger partial charge in [0.2, 0.25) is 0 Å². The van der Waals surface area contributed by atoms with E-state index in [1.165, 1.54) is 6.33 Å². The highest BCUT2D eigenvalue weighted by Crippen LogP contribution is 2.05. The van der Waals surface area contributed by atoms with E-state index >= 15 is 0 Å². The zero-order chi connectivity index (χ0) is 7.68. The minimum atomic E-state index is 0.00301. The van der Waals surface area contributed by atoms with Crippen LogP contribution < -0.4 is 0 Å². The fourth-order valence-corrected chi connectivity index (χ4v) is 1.03. The number of aliphatic hydroxyl groups is 1. The maximum Gasteiger partial charge on any atom is 0.160 e. The molecular weight excluding hydrogens is 142 g/mol. The molecule has 0 saturated carbocycles. The van der Waals surface area contributed by atoms with Gasteiger partial charge in [0.25, 0.3) is 0 Å². The molecule has 0 aliphatic carbocycles. The summed E-state index contributed by atoms with van der Waals surface area (Å²) < 4.78 is 1.63. The molecule has 2 rings (SSSR count). The van der Waals surface area contributed by atoms with Gasteiger partial charge < -0.3 is 5.11 Å². The van der Waals surface area contributed by atoms with Crippen LogP contribution in [0, 0.1) is 0 Å². The normalized spacial score (nSPS) is 10.6. The molecule has 0 aromatic carbocycles. The van der Waals surface area contributed by atoms with Crippen LogP contribution in [0.1, 0.15) is 5.56 Å². The zero-order valence-electron chi connectivity index (χ0n) is 5.81. The lowest BCUT2D eigenvalue weighted by molar-refractivity contribution is 0.282. The fraction of sp³-hybridized carbons (Fsp3) is 0.143. The predicted octanol–water partition coefficient (Wildman–Crippen LogP) is 0.222. The molecule has 1 N–H and O–H groups in total. The lowest BCUT2D eigenvalue weighted by Crippen LogP contribution is -1.91. The molecule has 0 spiro atoms. The van der Waals surface area contributed by atoms with Crippen molar-refractivity contribution in [2.75, 3.05) is 0 Å². The number of aliphatic hydroxyl groups excluding tert-OH is 1. The van der Waals surface area contributed by atoms with Gasteiger partial charge in [0.05, 0.1) is 6.61 Å². The molecule has 0 amide bonds. The van der Waals surface area contributed by atoms with Crippen LogP contribution >= 0.6 is 0 Å². The monoisotopic (exact) mass is 149 g/mol. The first-order valence-corrected chi connectivity index (χ1v) is 3.30. The van der Waals surface area contributed by atoms with Crippen LogP contribution in [0.5, 0.6) is 0 Å². The molecule has 11 heavy (non-hydrogen) atoms. The van der Waals surface area contributed by atoms with E-state index < -0.39 is 0 Å². The van der Waals surface area contributed by atoms with E-state index in [0.29, 0.717) is 0 Å². The number of fused-ring (bicyclic) bond motifs is 1. The van der Waals surface area contributed by atoms with Crippen molar-refractivity contribution in [3.05, 3.63) is 30.2 Å². The molecular formula is C7H7N3O. The second-order valence-electron chi connectivity index (χ2n) is 2.22. The molecule has 4 nitrogen and oxygen atoms in total. The average Bonchev–Trinajstić information content (AvgIpc) is 2.50. The Bertz CT molecular complexity index is 368. The minimum absolute atomic E-state index is 0.00301. The minimum Gasteiger partial charge on any atom is -0.392 e. The number of nitrogens with zero attached hydrogens (tertiary/aromatic N) is 3. The summed E-state index contributed by atoms with van der Waals surface area (Å²) in [4.78, 5) is 3.98. The van der Waals surface area contributed by atoms with E-state index in [-0.39, 0.29) is 6.61 Å². The zero-order valence-corrected chi connectivity index (χ0v) is 5.81. The molecule has 0 bridgehead atoms. The van der Waals surface area contributed by atoms with Gasteiger partial charge in [-0.1, -0.05) is 6.07 Å². The highest BCUT2D eigenvalue weighted by atomic mass is 16.3. The third kappa shape index (κ3) is 0.877. The predicted molar refractivity (Wildman–Crippen MR) is 38.9 cm³/mol. The molecule has 2 aromatic rings. The van der Waals surface area contributed by atoms with Crippen LogP contribution in [0.15, 0.2) is 24.7 Å². The summed E-state index contributed by atoms with van der Waals surface area (Å²) in [5.41, 5.74) is 1.51. The van der Waals surface area contributed by atoms with Crippen LogP contribution in [0.2, 0.25) is 0 Å². The van der Waals surface area contributed by atoms with Crippen molar-refractivity contribution in [2.24, 2.45) is 0 Å². The maximum absolute atomic E-state index is 8.87. The third-order valence-corrected chi connectivity index (χ3v) is 1.56. The summed E-state index contributed by atoms with van der Waals surface area (Å²) >= 11 is 0. The Morgan fingerprint density at radius 3 is 3.27 bits per heavy atom. The third-order valence-electron chi connectivity index (χ3n) is 1.56. The Kier molecular flexibility index (Phi) is 1.33. The Hall–Kier alpha value is -1.42. The van der Waals surface area contributed by atoms with Crippen molar-refractivity contribution in [1.82, 2.24) is 14.6 Å². The number of rotatable bonds is 1. The second kappa shape index (κ2) is 2.32. The summed E-state index contributed by atoms with van der Waals surface area (Å²) in [5, 5.41) is 12.8. The van der Waals surface area contributed by atoms with E-state index in [2.05, 4.69) is 10.1 Å². The SMILES string of the molecule is OCc1cccn2ncnc12.